The van der Waals surface area contributed by atoms with Gasteiger partial charge in [-0.1, -0.05) is 39.0 Å². The minimum atomic E-state index is -0.127. The molecule has 180 valence electrons. The molecule has 1 N–H and O–H groups in total. The van der Waals surface area contributed by atoms with Crippen LogP contribution >= 0.6 is 23.1 Å². The number of thioether (sulfide) groups is 1. The number of carbonyl (C=O) groups is 1. The average molecular weight is 497 g/mol. The highest BCUT2D eigenvalue weighted by atomic mass is 32.2. The van der Waals surface area contributed by atoms with Gasteiger partial charge in [0.2, 0.25) is 5.91 Å². The number of nitrogens with one attached hydrogen (secondary N) is 1. The molecule has 0 radical (unpaired) electrons. The Balaban J connectivity index is 1.40. The first kappa shape index (κ1) is 24.6. The molecular weight excluding hydrogens is 464 g/mol. The van der Waals surface area contributed by atoms with Crippen LogP contribution in [0.25, 0.3) is 0 Å². The molecular formula is C25H32N6OS2. The fraction of sp³-hybridized carbons (Fsp3) is 0.520. The zero-order valence-electron chi connectivity index (χ0n) is 20.5. The first-order chi connectivity index (χ1) is 16.2. The van der Waals surface area contributed by atoms with Crippen molar-refractivity contribution >= 4 is 34.0 Å². The van der Waals surface area contributed by atoms with Crippen LogP contribution in [0.4, 0.5) is 5.00 Å². The van der Waals surface area contributed by atoms with Gasteiger partial charge in [-0.15, -0.1) is 21.5 Å². The Morgan fingerprint density at radius 2 is 2.18 bits per heavy atom. The summed E-state index contributed by atoms with van der Waals surface area (Å²) in [6.07, 6.45) is 6.83. The molecule has 0 aliphatic heterocycles. The number of nitriles is 1. The van der Waals surface area contributed by atoms with Gasteiger partial charge in [-0.2, -0.15) is 5.26 Å². The molecule has 0 fully saturated rings. The second-order valence-electron chi connectivity index (χ2n) is 9.68. The maximum absolute atomic E-state index is 12.8. The van der Waals surface area contributed by atoms with Gasteiger partial charge in [0.15, 0.2) is 5.16 Å². The molecule has 4 rings (SSSR count). The molecule has 0 saturated carbocycles. The molecule has 0 bridgehead atoms. The van der Waals surface area contributed by atoms with E-state index in [2.05, 4.69) is 53.0 Å². The van der Waals surface area contributed by atoms with Crippen LogP contribution in [0.2, 0.25) is 0 Å². The molecule has 1 aliphatic carbocycles. The van der Waals surface area contributed by atoms with Gasteiger partial charge in [0.25, 0.3) is 0 Å². The number of nitrogens with zero attached hydrogens (tertiary/aromatic N) is 5. The first-order valence-corrected chi connectivity index (χ1v) is 13.5. The van der Waals surface area contributed by atoms with E-state index in [0.717, 1.165) is 42.8 Å². The number of rotatable bonds is 8. The van der Waals surface area contributed by atoms with Gasteiger partial charge in [-0.05, 0) is 48.3 Å². The van der Waals surface area contributed by atoms with E-state index >= 15 is 0 Å². The fourth-order valence-corrected chi connectivity index (χ4v) is 6.53. The van der Waals surface area contributed by atoms with E-state index in [9.17, 15) is 10.1 Å². The van der Waals surface area contributed by atoms with Crippen LogP contribution in [-0.4, -0.2) is 31.0 Å². The van der Waals surface area contributed by atoms with Gasteiger partial charge in [0.05, 0.1) is 11.3 Å². The van der Waals surface area contributed by atoms with Crippen molar-refractivity contribution < 1.29 is 4.79 Å². The molecule has 3 aromatic heterocycles. The van der Waals surface area contributed by atoms with Gasteiger partial charge in [0, 0.05) is 37.3 Å². The molecule has 3 aromatic rings. The lowest BCUT2D eigenvalue weighted by molar-refractivity contribution is -0.113. The highest BCUT2D eigenvalue weighted by Gasteiger charge is 2.34. The quantitative estimate of drug-likeness (QED) is 0.446. The Bertz CT molecular complexity index is 1230. The SMILES string of the molecule is CCC(C)(C)C1CCc2c(sc(NC(=O)CSc3nnc(Cc4cccn4C)n3C)c2C#N)C1. The summed E-state index contributed by atoms with van der Waals surface area (Å²) in [5.41, 5.74) is 3.22. The van der Waals surface area contributed by atoms with Gasteiger partial charge >= 0.3 is 0 Å². The lowest BCUT2D eigenvalue weighted by atomic mass is 9.69. The lowest BCUT2D eigenvalue weighted by Crippen LogP contribution is -2.28. The fourth-order valence-electron chi connectivity index (χ4n) is 4.51. The van der Waals surface area contributed by atoms with E-state index < -0.39 is 0 Å². The van der Waals surface area contributed by atoms with Crippen LogP contribution in [0.1, 0.15) is 61.1 Å². The Kier molecular flexibility index (Phi) is 7.20. The van der Waals surface area contributed by atoms with Gasteiger partial charge in [-0.25, -0.2) is 0 Å². The highest BCUT2D eigenvalue weighted by molar-refractivity contribution is 7.99. The molecule has 1 unspecified atom stereocenters. The second kappa shape index (κ2) is 9.96. The van der Waals surface area contributed by atoms with Crippen LogP contribution in [0, 0.1) is 22.7 Å². The minimum absolute atomic E-state index is 0.127. The molecule has 0 saturated heterocycles. The number of aryl methyl sites for hydroxylation is 1. The number of aromatic nitrogens is 4. The third-order valence-electron chi connectivity index (χ3n) is 7.29. The standard InChI is InChI=1S/C25H32N6OS2/c1-6-25(2,3)16-9-10-18-19(14-26)23(34-20(18)12-16)27-22(32)15-33-24-29-28-21(31(24)5)13-17-8-7-11-30(17)4/h7-8,11,16H,6,9-10,12-13,15H2,1-5H3,(H,27,32). The summed E-state index contributed by atoms with van der Waals surface area (Å²) >= 11 is 2.94. The third-order valence-corrected chi connectivity index (χ3v) is 9.48. The normalized spacial score (nSPS) is 15.7. The summed E-state index contributed by atoms with van der Waals surface area (Å²) in [4.78, 5) is 14.0. The minimum Gasteiger partial charge on any atom is -0.354 e. The second-order valence-corrected chi connectivity index (χ2v) is 11.7. The molecule has 0 aromatic carbocycles. The van der Waals surface area contributed by atoms with Gasteiger partial charge in [-0.3, -0.25) is 4.79 Å². The number of carbonyl (C=O) groups excluding carboxylic acids is 1. The highest BCUT2D eigenvalue weighted by Crippen LogP contribution is 2.45. The number of hydrogen-bond donors (Lipinski definition) is 1. The van der Waals surface area contributed by atoms with Crippen molar-refractivity contribution in [3.05, 3.63) is 45.9 Å². The van der Waals surface area contributed by atoms with Crippen molar-refractivity contribution in [3.8, 4) is 6.07 Å². The number of fused-ring (bicyclic) bond motifs is 1. The van der Waals surface area contributed by atoms with E-state index in [0.29, 0.717) is 28.1 Å². The van der Waals surface area contributed by atoms with Crippen LogP contribution in [-0.2, 0) is 38.2 Å². The summed E-state index contributed by atoms with van der Waals surface area (Å²) in [5, 5.41) is 22.8. The van der Waals surface area contributed by atoms with E-state index in [1.165, 1.54) is 16.6 Å². The van der Waals surface area contributed by atoms with E-state index in [1.54, 1.807) is 11.3 Å². The monoisotopic (exact) mass is 496 g/mol. The Morgan fingerprint density at radius 1 is 1.38 bits per heavy atom. The van der Waals surface area contributed by atoms with Gasteiger partial charge in [0.1, 0.15) is 16.9 Å². The molecule has 1 amide bonds. The van der Waals surface area contributed by atoms with E-state index in [1.807, 2.05) is 30.9 Å². The predicted octanol–water partition coefficient (Wildman–Crippen LogP) is 4.95. The number of thiophene rings is 1. The molecule has 0 spiro atoms. The smallest absolute Gasteiger partial charge is 0.235 e. The van der Waals surface area contributed by atoms with E-state index in [4.69, 9.17) is 0 Å². The zero-order valence-corrected chi connectivity index (χ0v) is 22.1. The lowest BCUT2D eigenvalue weighted by Gasteiger charge is -2.36. The molecule has 1 aliphatic rings. The topological polar surface area (TPSA) is 88.5 Å². The number of amides is 1. The first-order valence-electron chi connectivity index (χ1n) is 11.7. The molecule has 34 heavy (non-hydrogen) atoms. The van der Waals surface area contributed by atoms with Crippen molar-refractivity contribution in [2.45, 2.75) is 58.0 Å². The van der Waals surface area contributed by atoms with Crippen molar-refractivity contribution in [2.75, 3.05) is 11.1 Å². The molecule has 1 atom stereocenters. The molecule has 9 heteroatoms. The largest absolute Gasteiger partial charge is 0.354 e. The zero-order chi connectivity index (χ0) is 24.5. The van der Waals surface area contributed by atoms with Crippen LogP contribution in [0.15, 0.2) is 23.5 Å². The van der Waals surface area contributed by atoms with Crippen molar-refractivity contribution in [3.63, 3.8) is 0 Å². The predicted molar refractivity (Wildman–Crippen MR) is 137 cm³/mol. The average Bonchev–Trinajstić information content (AvgIpc) is 3.49. The van der Waals surface area contributed by atoms with E-state index in [-0.39, 0.29) is 17.1 Å². The summed E-state index contributed by atoms with van der Waals surface area (Å²) < 4.78 is 4.00. The summed E-state index contributed by atoms with van der Waals surface area (Å²) in [7, 11) is 3.93. The molecule has 7 nitrogen and oxygen atoms in total. The molecule has 3 heterocycles. The Morgan fingerprint density at radius 3 is 2.85 bits per heavy atom. The third kappa shape index (κ3) is 4.93. The Hall–Kier alpha value is -2.57. The number of hydrogen-bond acceptors (Lipinski definition) is 6. The maximum Gasteiger partial charge on any atom is 0.235 e. The van der Waals surface area contributed by atoms with Crippen LogP contribution in [0.5, 0.6) is 0 Å². The van der Waals surface area contributed by atoms with Crippen molar-refractivity contribution in [1.82, 2.24) is 19.3 Å². The summed E-state index contributed by atoms with van der Waals surface area (Å²) in [6.45, 7) is 6.91. The maximum atomic E-state index is 12.8. The van der Waals surface area contributed by atoms with Crippen LogP contribution < -0.4 is 5.32 Å². The Labute approximate surface area is 209 Å². The summed E-state index contributed by atoms with van der Waals surface area (Å²) in [6, 6.07) is 6.42. The number of anilines is 1. The van der Waals surface area contributed by atoms with Crippen molar-refractivity contribution in [1.29, 1.82) is 5.26 Å². The van der Waals surface area contributed by atoms with Crippen molar-refractivity contribution in [2.24, 2.45) is 25.4 Å². The van der Waals surface area contributed by atoms with Crippen LogP contribution in [0.3, 0.4) is 0 Å². The summed E-state index contributed by atoms with van der Waals surface area (Å²) in [5.74, 6) is 1.55. The van der Waals surface area contributed by atoms with Gasteiger partial charge < -0.3 is 14.5 Å².